The molecule has 8 nitrogen and oxygen atoms in total. The lowest BCUT2D eigenvalue weighted by atomic mass is 9.86. The smallest absolute Gasteiger partial charge is 0.326 e. The van der Waals surface area contributed by atoms with Gasteiger partial charge in [0.05, 0.1) is 22.7 Å². The summed E-state index contributed by atoms with van der Waals surface area (Å²) in [4.78, 5) is 33.6. The van der Waals surface area contributed by atoms with Gasteiger partial charge in [-0.1, -0.05) is 91.5 Å². The standard InChI is InChI=1S/C51H55Cl2N3O5/c1-4-48(38-15-18-44(52)45(53)26-38)61-42-16-13-35(14-17-42)37-20-22-60-49-28-39-27-47(56(29-34-7-5-6-8-34)30-41(39)25-40(49)24-37)50(57)55-46(51(58)59)23-33-9-11-36(12-10-33)43-19-21-54-32(3)31(43)2/h9-19,21,25-26,28,34,37,46-48H,4-8,20,22-24,27,29-30H2,1-3H3,(H,55,57)(H,58,59)/t37-,46+,47+,48-/m1/s1. The summed E-state index contributed by atoms with van der Waals surface area (Å²) >= 11 is 12.5. The Morgan fingerprint density at radius 3 is 2.39 bits per heavy atom. The fraction of sp³-hybridized carbons (Fsp3) is 0.392. The van der Waals surface area contributed by atoms with Crippen LogP contribution >= 0.6 is 23.2 Å². The molecule has 4 atom stereocenters. The molecule has 4 aromatic carbocycles. The van der Waals surface area contributed by atoms with Crippen molar-refractivity contribution in [1.82, 2.24) is 15.2 Å². The van der Waals surface area contributed by atoms with Crippen molar-refractivity contribution in [2.24, 2.45) is 5.92 Å². The van der Waals surface area contributed by atoms with Crippen LogP contribution in [0, 0.1) is 19.8 Å². The van der Waals surface area contributed by atoms with Gasteiger partial charge in [-0.25, -0.2) is 4.79 Å². The van der Waals surface area contributed by atoms with Crippen molar-refractivity contribution in [3.8, 4) is 22.6 Å². The third kappa shape index (κ3) is 9.93. The van der Waals surface area contributed by atoms with Gasteiger partial charge in [0.25, 0.3) is 0 Å². The second kappa shape index (κ2) is 19.0. The molecule has 1 fully saturated rings. The lowest BCUT2D eigenvalue weighted by molar-refractivity contribution is -0.142. The topological polar surface area (TPSA) is 101 Å². The van der Waals surface area contributed by atoms with Crippen LogP contribution in [-0.4, -0.2) is 52.1 Å². The molecule has 1 aromatic heterocycles. The molecule has 10 heteroatoms. The largest absolute Gasteiger partial charge is 0.493 e. The maximum Gasteiger partial charge on any atom is 0.326 e. The van der Waals surface area contributed by atoms with Crippen LogP contribution in [0.25, 0.3) is 11.1 Å². The summed E-state index contributed by atoms with van der Waals surface area (Å²) < 4.78 is 12.8. The van der Waals surface area contributed by atoms with Crippen LogP contribution in [0.1, 0.15) is 102 Å². The Morgan fingerprint density at radius 1 is 0.902 bits per heavy atom. The lowest BCUT2D eigenvalue weighted by Gasteiger charge is -2.38. The average molecular weight is 861 g/mol. The number of aromatic nitrogens is 1. The molecule has 2 N–H and O–H groups in total. The SMILES string of the molecule is CC[C@@H](Oc1ccc([C@@H]2CCOc3cc4c(cc3C2)CN(CC2CCCC2)[C@H](C(=O)N[C@@H](Cc2ccc(-c3ccnc(C)c3C)cc2)C(=O)O)C4)cc1)c1ccc(Cl)c(Cl)c1. The van der Waals surface area contributed by atoms with Gasteiger partial charge in [0.15, 0.2) is 0 Å². The lowest BCUT2D eigenvalue weighted by Crippen LogP contribution is -2.55. The molecule has 1 aliphatic carbocycles. The van der Waals surface area contributed by atoms with E-state index in [1.54, 1.807) is 0 Å². The first kappa shape index (κ1) is 42.8. The molecule has 3 aliphatic rings. The number of aliphatic carboxylic acids is 1. The molecule has 0 saturated heterocycles. The number of amides is 1. The fourth-order valence-electron chi connectivity index (χ4n) is 9.51. The Bertz CT molecular complexity index is 2360. The predicted octanol–water partition coefficient (Wildman–Crippen LogP) is 11.0. The van der Waals surface area contributed by atoms with Crippen LogP contribution in [0.2, 0.25) is 10.0 Å². The number of carboxylic acid groups (broad SMARTS) is 1. The van der Waals surface area contributed by atoms with E-state index in [2.05, 4.69) is 65.4 Å². The molecular weight excluding hydrogens is 805 g/mol. The van der Waals surface area contributed by atoms with Gasteiger partial charge in [-0.3, -0.25) is 14.7 Å². The number of aryl methyl sites for hydroxylation is 1. The van der Waals surface area contributed by atoms with Crippen LogP contribution in [-0.2, 0) is 35.4 Å². The van der Waals surface area contributed by atoms with Crippen molar-refractivity contribution < 1.29 is 24.2 Å². The summed E-state index contributed by atoms with van der Waals surface area (Å²) in [7, 11) is 0. The monoisotopic (exact) mass is 859 g/mol. The van der Waals surface area contributed by atoms with Gasteiger partial charge in [-0.05, 0) is 151 Å². The molecule has 3 heterocycles. The molecule has 0 bridgehead atoms. The van der Waals surface area contributed by atoms with Crippen molar-refractivity contribution in [2.75, 3.05) is 13.2 Å². The normalized spacial score (nSPS) is 18.9. The molecule has 5 aromatic rings. The maximum absolute atomic E-state index is 14.3. The summed E-state index contributed by atoms with van der Waals surface area (Å²) in [6.07, 6.45) is 9.60. The van der Waals surface area contributed by atoms with Crippen molar-refractivity contribution in [3.63, 3.8) is 0 Å². The van der Waals surface area contributed by atoms with Gasteiger partial charge >= 0.3 is 5.97 Å². The van der Waals surface area contributed by atoms with E-state index in [4.69, 9.17) is 32.7 Å². The first-order chi connectivity index (χ1) is 29.5. The number of hydrogen-bond acceptors (Lipinski definition) is 6. The molecule has 318 valence electrons. The summed E-state index contributed by atoms with van der Waals surface area (Å²) in [6, 6.07) is 27.0. The number of ether oxygens (including phenoxy) is 2. The molecule has 1 amide bonds. The Labute approximate surface area is 369 Å². The third-order valence-electron chi connectivity index (χ3n) is 13.2. The van der Waals surface area contributed by atoms with Gasteiger partial charge < -0.3 is 19.9 Å². The first-order valence-electron chi connectivity index (χ1n) is 21.8. The van der Waals surface area contributed by atoms with E-state index in [1.165, 1.54) is 29.5 Å². The van der Waals surface area contributed by atoms with Crippen LogP contribution in [0.3, 0.4) is 0 Å². The number of fused-ring (bicyclic) bond motifs is 2. The van der Waals surface area contributed by atoms with Crippen molar-refractivity contribution >= 4 is 35.1 Å². The number of halogens is 2. The van der Waals surface area contributed by atoms with Crippen molar-refractivity contribution in [3.05, 3.63) is 146 Å². The van der Waals surface area contributed by atoms with Gasteiger partial charge in [0.1, 0.15) is 23.6 Å². The highest BCUT2D eigenvalue weighted by molar-refractivity contribution is 6.42. The second-order valence-corrected chi connectivity index (χ2v) is 18.0. The van der Waals surface area contributed by atoms with E-state index >= 15 is 0 Å². The average Bonchev–Trinajstić information content (AvgIpc) is 3.69. The van der Waals surface area contributed by atoms with E-state index < -0.39 is 18.1 Å². The molecule has 1 saturated carbocycles. The first-order valence-corrected chi connectivity index (χ1v) is 22.6. The number of benzene rings is 4. The number of carboxylic acids is 1. The Kier molecular flexibility index (Phi) is 13.3. The highest BCUT2D eigenvalue weighted by Crippen LogP contribution is 2.39. The minimum Gasteiger partial charge on any atom is -0.493 e. The Hall–Kier alpha value is -4.89. The number of pyridine rings is 1. The van der Waals surface area contributed by atoms with E-state index in [9.17, 15) is 14.7 Å². The van der Waals surface area contributed by atoms with Gasteiger partial charge in [-0.15, -0.1) is 0 Å². The van der Waals surface area contributed by atoms with Gasteiger partial charge in [0, 0.05) is 31.4 Å². The van der Waals surface area contributed by atoms with E-state index in [-0.39, 0.29) is 24.3 Å². The minimum absolute atomic E-state index is 0.140. The molecule has 0 spiro atoms. The summed E-state index contributed by atoms with van der Waals surface area (Å²) in [5.41, 5.74) is 10.8. The Morgan fingerprint density at radius 2 is 1.67 bits per heavy atom. The van der Waals surface area contributed by atoms with Gasteiger partial charge in [-0.2, -0.15) is 0 Å². The van der Waals surface area contributed by atoms with Gasteiger partial charge in [0.2, 0.25) is 5.91 Å². The molecule has 8 rings (SSSR count). The summed E-state index contributed by atoms with van der Waals surface area (Å²) in [5, 5.41) is 14.4. The highest BCUT2D eigenvalue weighted by Gasteiger charge is 2.36. The quantitative estimate of drug-likeness (QED) is 0.122. The zero-order chi connectivity index (χ0) is 42.6. The zero-order valence-corrected chi connectivity index (χ0v) is 36.8. The highest BCUT2D eigenvalue weighted by atomic mass is 35.5. The number of carbonyl (C=O) groups is 2. The second-order valence-electron chi connectivity index (χ2n) is 17.2. The zero-order valence-electron chi connectivity index (χ0n) is 35.3. The molecule has 0 unspecified atom stereocenters. The van der Waals surface area contributed by atoms with E-state index in [1.807, 2.05) is 61.7 Å². The molecule has 2 aliphatic heterocycles. The fourth-order valence-corrected chi connectivity index (χ4v) is 9.82. The van der Waals surface area contributed by atoms with Crippen molar-refractivity contribution in [1.29, 1.82) is 0 Å². The van der Waals surface area contributed by atoms with E-state index in [0.717, 1.165) is 89.2 Å². The van der Waals surface area contributed by atoms with E-state index in [0.29, 0.717) is 35.5 Å². The Balaban J connectivity index is 0.966. The molecular formula is C51H55Cl2N3O5. The number of nitrogens with one attached hydrogen (secondary N) is 1. The number of nitrogens with zero attached hydrogens (tertiary/aromatic N) is 2. The minimum atomic E-state index is -1.05. The number of hydrogen-bond donors (Lipinski definition) is 2. The number of carbonyl (C=O) groups excluding carboxylic acids is 1. The van der Waals surface area contributed by atoms with Crippen LogP contribution in [0.5, 0.6) is 11.5 Å². The molecule has 0 radical (unpaired) electrons. The van der Waals surface area contributed by atoms with Crippen molar-refractivity contribution in [2.45, 2.75) is 109 Å². The third-order valence-corrected chi connectivity index (χ3v) is 13.9. The summed E-state index contributed by atoms with van der Waals surface area (Å²) in [6.45, 7) is 8.19. The predicted molar refractivity (Wildman–Crippen MR) is 242 cm³/mol. The maximum atomic E-state index is 14.3. The summed E-state index contributed by atoms with van der Waals surface area (Å²) in [5.74, 6) is 1.20. The van der Waals surface area contributed by atoms with Crippen LogP contribution in [0.15, 0.2) is 91.1 Å². The van der Waals surface area contributed by atoms with Crippen LogP contribution < -0.4 is 14.8 Å². The van der Waals surface area contributed by atoms with Crippen LogP contribution in [0.4, 0.5) is 0 Å². The molecule has 61 heavy (non-hydrogen) atoms. The number of rotatable bonds is 13.